The van der Waals surface area contributed by atoms with E-state index in [-0.39, 0.29) is 6.61 Å². The number of carbonyl (C=O) groups is 2. The molecular weight excluding hydrogens is 316 g/mol. The van der Waals surface area contributed by atoms with E-state index < -0.39 is 17.9 Å². The number of hydrogen-bond acceptors (Lipinski definition) is 4. The van der Waals surface area contributed by atoms with Crippen LogP contribution in [0.25, 0.3) is 0 Å². The highest BCUT2D eigenvalue weighted by atomic mass is 79.9. The van der Waals surface area contributed by atoms with Crippen molar-refractivity contribution in [3.8, 4) is 0 Å². The molecule has 1 fully saturated rings. The second-order valence-corrected chi connectivity index (χ2v) is 5.01. The molecule has 0 saturated carbocycles. The molecule has 6 nitrogen and oxygen atoms in total. The molecule has 1 aliphatic rings. The molecule has 1 amide bonds. The molecule has 1 heterocycles. The number of amides is 1. The number of carboxylic acids is 1. The summed E-state index contributed by atoms with van der Waals surface area (Å²) in [4.78, 5) is 24.0. The molecule has 0 aromatic heterocycles. The first kappa shape index (κ1) is 13.8. The van der Waals surface area contributed by atoms with Crippen molar-refractivity contribution in [3.05, 3.63) is 28.2 Å². The zero-order valence-electron chi connectivity index (χ0n) is 10.0. The van der Waals surface area contributed by atoms with Gasteiger partial charge in [0, 0.05) is 16.6 Å². The van der Waals surface area contributed by atoms with Crippen LogP contribution in [0.1, 0.15) is 10.4 Å². The van der Waals surface area contributed by atoms with Crippen LogP contribution in [0.5, 0.6) is 0 Å². The molecular formula is C12H13BrN2O4. The molecule has 2 rings (SSSR count). The van der Waals surface area contributed by atoms with E-state index in [0.717, 1.165) is 0 Å². The number of ether oxygens (including phenoxy) is 1. The van der Waals surface area contributed by atoms with Crippen LogP contribution in [0.2, 0.25) is 0 Å². The zero-order valence-corrected chi connectivity index (χ0v) is 11.6. The van der Waals surface area contributed by atoms with E-state index in [1.54, 1.807) is 23.1 Å². The predicted molar refractivity (Wildman–Crippen MR) is 72.2 cm³/mol. The Balaban J connectivity index is 2.34. The van der Waals surface area contributed by atoms with E-state index in [9.17, 15) is 14.7 Å². The maximum atomic E-state index is 11.2. The van der Waals surface area contributed by atoms with E-state index in [2.05, 4.69) is 15.9 Å². The van der Waals surface area contributed by atoms with Gasteiger partial charge in [-0.2, -0.15) is 0 Å². The maximum absolute atomic E-state index is 11.2. The minimum Gasteiger partial charge on any atom is -0.480 e. The molecule has 0 bridgehead atoms. The van der Waals surface area contributed by atoms with Crippen LogP contribution in [0.4, 0.5) is 5.69 Å². The number of carboxylic acid groups (broad SMARTS) is 1. The summed E-state index contributed by atoms with van der Waals surface area (Å²) in [6.07, 6.45) is 0. The summed E-state index contributed by atoms with van der Waals surface area (Å²) in [5.74, 6) is -1.46. The largest absolute Gasteiger partial charge is 0.480 e. The topological polar surface area (TPSA) is 92.9 Å². The van der Waals surface area contributed by atoms with E-state index in [1.165, 1.54) is 0 Å². The molecule has 1 unspecified atom stereocenters. The van der Waals surface area contributed by atoms with E-state index >= 15 is 0 Å². The lowest BCUT2D eigenvalue weighted by Crippen LogP contribution is -2.50. The molecule has 102 valence electrons. The summed E-state index contributed by atoms with van der Waals surface area (Å²) in [6, 6.07) is 4.12. The molecule has 19 heavy (non-hydrogen) atoms. The van der Waals surface area contributed by atoms with Gasteiger partial charge in [-0.3, -0.25) is 4.79 Å². The molecule has 1 saturated heterocycles. The van der Waals surface area contributed by atoms with Gasteiger partial charge in [0.1, 0.15) is 0 Å². The Morgan fingerprint density at radius 3 is 2.79 bits per heavy atom. The Morgan fingerprint density at radius 1 is 1.47 bits per heavy atom. The van der Waals surface area contributed by atoms with Gasteiger partial charge in [0.15, 0.2) is 6.04 Å². The molecule has 0 aliphatic carbocycles. The molecule has 7 heteroatoms. The molecule has 1 atom stereocenters. The molecule has 0 spiro atoms. The molecule has 0 radical (unpaired) electrons. The highest BCUT2D eigenvalue weighted by Gasteiger charge is 2.30. The maximum Gasteiger partial charge on any atom is 0.328 e. The lowest BCUT2D eigenvalue weighted by Gasteiger charge is -2.35. The average molecular weight is 329 g/mol. The fourth-order valence-corrected chi connectivity index (χ4v) is 2.60. The average Bonchev–Trinajstić information content (AvgIpc) is 2.38. The van der Waals surface area contributed by atoms with Crippen molar-refractivity contribution in [3.63, 3.8) is 0 Å². The summed E-state index contributed by atoms with van der Waals surface area (Å²) < 4.78 is 5.82. The standard InChI is InChI=1S/C12H13BrN2O4/c13-8-5-7(11(14)16)1-2-9(8)15-3-4-19-6-10(15)12(17)18/h1-2,5,10H,3-4,6H2,(H2,14,16)(H,17,18). The third kappa shape index (κ3) is 2.87. The number of nitrogens with two attached hydrogens (primary N) is 1. The number of aliphatic carboxylic acids is 1. The van der Waals surface area contributed by atoms with Crippen molar-refractivity contribution in [2.45, 2.75) is 6.04 Å². The van der Waals surface area contributed by atoms with Crippen LogP contribution in [-0.4, -0.2) is 42.8 Å². The van der Waals surface area contributed by atoms with Gasteiger partial charge in [-0.1, -0.05) is 0 Å². The molecule has 1 aromatic carbocycles. The minimum atomic E-state index is -0.939. The highest BCUT2D eigenvalue weighted by molar-refractivity contribution is 9.10. The van der Waals surface area contributed by atoms with E-state index in [4.69, 9.17) is 10.5 Å². The quantitative estimate of drug-likeness (QED) is 0.857. The summed E-state index contributed by atoms with van der Waals surface area (Å²) in [5.41, 5.74) is 6.28. The second-order valence-electron chi connectivity index (χ2n) is 4.15. The van der Waals surface area contributed by atoms with Crippen LogP contribution >= 0.6 is 15.9 Å². The number of carbonyl (C=O) groups excluding carboxylic acids is 1. The SMILES string of the molecule is NC(=O)c1ccc(N2CCOCC2C(=O)O)c(Br)c1. The van der Waals surface area contributed by atoms with Crippen molar-refractivity contribution in [2.75, 3.05) is 24.7 Å². The van der Waals surface area contributed by atoms with Gasteiger partial charge >= 0.3 is 5.97 Å². The smallest absolute Gasteiger partial charge is 0.328 e. The van der Waals surface area contributed by atoms with Crippen LogP contribution in [-0.2, 0) is 9.53 Å². The van der Waals surface area contributed by atoms with Crippen LogP contribution in [0, 0.1) is 0 Å². The Labute approximate surface area is 118 Å². The number of anilines is 1. The van der Waals surface area contributed by atoms with Gasteiger partial charge in [-0.05, 0) is 34.1 Å². The summed E-state index contributed by atoms with van der Waals surface area (Å²) >= 11 is 3.34. The first-order valence-electron chi connectivity index (χ1n) is 5.67. The Bertz CT molecular complexity index is 520. The first-order valence-corrected chi connectivity index (χ1v) is 6.46. The number of rotatable bonds is 3. The fourth-order valence-electron chi connectivity index (χ4n) is 1.99. The number of morpholine rings is 1. The van der Waals surface area contributed by atoms with Crippen molar-refractivity contribution < 1.29 is 19.4 Å². The summed E-state index contributed by atoms with van der Waals surface area (Å²) in [5, 5.41) is 9.19. The summed E-state index contributed by atoms with van der Waals surface area (Å²) in [6.45, 7) is 1.08. The fraction of sp³-hybridized carbons (Fsp3) is 0.333. The molecule has 1 aromatic rings. The number of primary amides is 1. The molecule has 1 aliphatic heterocycles. The Hall–Kier alpha value is -1.60. The van der Waals surface area contributed by atoms with Gasteiger partial charge < -0.3 is 20.5 Å². The van der Waals surface area contributed by atoms with Crippen LogP contribution in [0.15, 0.2) is 22.7 Å². The van der Waals surface area contributed by atoms with Crippen molar-refractivity contribution in [1.82, 2.24) is 0 Å². The van der Waals surface area contributed by atoms with E-state index in [1.807, 2.05) is 0 Å². The lowest BCUT2D eigenvalue weighted by atomic mass is 10.1. The third-order valence-corrected chi connectivity index (χ3v) is 3.59. The van der Waals surface area contributed by atoms with E-state index in [0.29, 0.717) is 28.9 Å². The predicted octanol–water partition coefficient (Wildman–Crippen LogP) is 0.838. The number of nitrogens with zero attached hydrogens (tertiary/aromatic N) is 1. The third-order valence-electron chi connectivity index (χ3n) is 2.96. The van der Waals surface area contributed by atoms with Gasteiger partial charge in [0.25, 0.3) is 0 Å². The first-order chi connectivity index (χ1) is 9.00. The Morgan fingerprint density at radius 2 is 2.21 bits per heavy atom. The zero-order chi connectivity index (χ0) is 14.0. The monoisotopic (exact) mass is 328 g/mol. The van der Waals surface area contributed by atoms with Gasteiger partial charge in [-0.15, -0.1) is 0 Å². The lowest BCUT2D eigenvalue weighted by molar-refractivity contribution is -0.141. The van der Waals surface area contributed by atoms with Gasteiger partial charge in [0.2, 0.25) is 5.91 Å². The highest BCUT2D eigenvalue weighted by Crippen LogP contribution is 2.30. The molecule has 3 N–H and O–H groups in total. The number of hydrogen-bond donors (Lipinski definition) is 2. The minimum absolute atomic E-state index is 0.138. The number of halogens is 1. The van der Waals surface area contributed by atoms with Gasteiger partial charge in [0.05, 0.1) is 18.9 Å². The van der Waals surface area contributed by atoms with Crippen molar-refractivity contribution in [1.29, 1.82) is 0 Å². The Kier molecular flexibility index (Phi) is 4.06. The van der Waals surface area contributed by atoms with Crippen LogP contribution < -0.4 is 10.6 Å². The van der Waals surface area contributed by atoms with Crippen LogP contribution in [0.3, 0.4) is 0 Å². The van der Waals surface area contributed by atoms with Crippen molar-refractivity contribution in [2.24, 2.45) is 5.73 Å². The second kappa shape index (κ2) is 5.58. The number of benzene rings is 1. The normalized spacial score (nSPS) is 19.2. The summed E-state index contributed by atoms with van der Waals surface area (Å²) in [7, 11) is 0. The van der Waals surface area contributed by atoms with Crippen molar-refractivity contribution >= 4 is 33.5 Å². The van der Waals surface area contributed by atoms with Gasteiger partial charge in [-0.25, -0.2) is 4.79 Å².